The van der Waals surface area contributed by atoms with E-state index >= 15 is 0 Å². The number of aromatic nitrogens is 3. The number of piperazine rings is 1. The second-order valence-electron chi connectivity index (χ2n) is 30.2. The topological polar surface area (TPSA) is 360 Å². The van der Waals surface area contributed by atoms with Gasteiger partial charge < -0.3 is 78.0 Å². The molecule has 0 bridgehead atoms. The van der Waals surface area contributed by atoms with Crippen molar-refractivity contribution in [2.45, 2.75) is 78.6 Å². The van der Waals surface area contributed by atoms with Crippen LogP contribution in [0.3, 0.4) is 0 Å². The summed E-state index contributed by atoms with van der Waals surface area (Å²) in [5, 5.41) is 8.70. The van der Waals surface area contributed by atoms with Gasteiger partial charge in [0.2, 0.25) is 41.8 Å². The van der Waals surface area contributed by atoms with Crippen molar-refractivity contribution in [3.63, 3.8) is 0 Å². The van der Waals surface area contributed by atoms with Gasteiger partial charge in [-0.15, -0.1) is 0 Å². The van der Waals surface area contributed by atoms with Crippen molar-refractivity contribution in [3.8, 4) is 51.7 Å². The minimum absolute atomic E-state index is 0.0432. The number of benzene rings is 6. The molecule has 14 rings (SSSR count). The smallest absolute Gasteiger partial charge is 0.493 e. The molecule has 2 fully saturated rings. The highest BCUT2D eigenvalue weighted by Gasteiger charge is 2.34. The first-order valence-electron chi connectivity index (χ1n) is 40.3. The number of carbonyl (C=O) groups excluding carboxylic acids is 4. The van der Waals surface area contributed by atoms with Crippen molar-refractivity contribution in [1.29, 1.82) is 0 Å². The third-order valence-electron chi connectivity index (χ3n) is 22.0. The molecule has 2 saturated heterocycles. The van der Waals surface area contributed by atoms with Crippen LogP contribution in [0.5, 0.6) is 51.7 Å². The molecule has 0 unspecified atom stereocenters. The Kier molecular flexibility index (Phi) is 31.3. The van der Waals surface area contributed by atoms with E-state index in [1.807, 2.05) is 57.2 Å². The number of nitrogens with one attached hydrogen (secondary N) is 3. The molecule has 4 amide bonds. The number of ether oxygens (including phenoxy) is 8. The first-order valence-corrected chi connectivity index (χ1v) is 43.4. The molecule has 5 heterocycles. The molecule has 5 aliphatic rings. The molecule has 7 N–H and O–H groups in total. The molecule has 666 valence electrons. The summed E-state index contributed by atoms with van der Waals surface area (Å²) in [6.45, 7) is 10.9. The summed E-state index contributed by atoms with van der Waals surface area (Å²) in [6, 6.07) is 35.0. The van der Waals surface area contributed by atoms with Crippen LogP contribution in [-0.2, 0) is 47.7 Å². The maximum Gasteiger partial charge on any atom is 0.525 e. The Balaban J connectivity index is 0.000000175. The van der Waals surface area contributed by atoms with Crippen molar-refractivity contribution in [2.24, 2.45) is 0 Å². The fourth-order valence-electron chi connectivity index (χ4n) is 15.6. The van der Waals surface area contributed by atoms with Crippen LogP contribution < -0.4 is 58.4 Å². The summed E-state index contributed by atoms with van der Waals surface area (Å²) in [5.74, 6) is -0.503. The number of piperidine rings is 1. The van der Waals surface area contributed by atoms with Crippen LogP contribution in [0.4, 0.5) is 18.0 Å². The van der Waals surface area contributed by atoms with E-state index in [1.54, 1.807) is 103 Å². The number of allylic oxidation sites excluding steroid dienone is 6. The summed E-state index contributed by atoms with van der Waals surface area (Å²) in [7, 11) is 1.06. The first kappa shape index (κ1) is 93.4. The average molecular weight is 1780 g/mol. The number of hydrogen-bond donors (Lipinski definition) is 7. The number of methoxy groups -OCH3 is 6. The Morgan fingerprint density at radius 1 is 0.449 bits per heavy atom. The lowest BCUT2D eigenvalue weighted by Crippen LogP contribution is -2.54. The molecule has 3 aromatic heterocycles. The van der Waals surface area contributed by atoms with Gasteiger partial charge in [0.25, 0.3) is 0 Å². The van der Waals surface area contributed by atoms with Crippen molar-refractivity contribution >= 4 is 91.1 Å². The summed E-state index contributed by atoms with van der Waals surface area (Å²) in [5.41, 5.74) is 15.8. The molecular weight excluding hydrogens is 1680 g/mol. The van der Waals surface area contributed by atoms with Crippen molar-refractivity contribution < 1.29 is 108 Å². The second-order valence-corrected chi connectivity index (χ2v) is 32.6. The lowest BCUT2D eigenvalue weighted by atomic mass is 10.00. The molecule has 29 nitrogen and oxygen atoms in total. The number of phosphoric ester groups is 2. The lowest BCUT2D eigenvalue weighted by Gasteiger charge is -2.41. The molecule has 9 aromatic rings. The standard InChI is InChI=1S/C38H44FN5O5.C28H28FN2O8P.C27H26FN2O7P/c1-25-31(30-8-7-28(39)21-33(30)32(25)22-36(45)41-24-26-6-5-11-40-23-26)18-27-19-34(47-3)37(35(20-27)48-4)49-38(46)44-16-14-43(15-17-44)29-9-12-42(2)13-10-29;1-17-22(9-19-10-25(36-2)28(26(11-19)37-3)38-16-39-40(33,34)35)21-7-6-20(29)12-24(21)23(17)13-27(32)31-15-18-5-4-8-30-14-18;1-16-21(9-18-10-24(35-2)27(25(11-18)36-3)37-38(32,33)34)20-7-6-19(28)12-23(20)22(16)13-26(31)30-15-17-5-4-8-29-14-17/h5-8,11,18-21,23,29H,9-10,12-17,22,24H2,1-4H3,(H,41,45);4-12,14H,13,15-16H2,1-3H3,(H,31,32)(H2,33,34,35);4-12,14H,13,15H2,1-3H3,(H,30,31)(H2,32,33,34)/b31-18-;22-9-;21-9-. The Morgan fingerprint density at radius 2 is 0.787 bits per heavy atom. The minimum atomic E-state index is -4.88. The van der Waals surface area contributed by atoms with E-state index in [-0.39, 0.29) is 83.0 Å². The van der Waals surface area contributed by atoms with Crippen LogP contribution in [0, 0.1) is 17.5 Å². The number of fused-ring (bicyclic) bond motifs is 3. The Morgan fingerprint density at radius 3 is 1.10 bits per heavy atom. The van der Waals surface area contributed by atoms with Crippen LogP contribution in [-0.4, -0.2) is 175 Å². The number of phosphoric acid groups is 2. The third-order valence-corrected chi connectivity index (χ3v) is 22.9. The summed E-state index contributed by atoms with van der Waals surface area (Å²) in [4.78, 5) is 107. The minimum Gasteiger partial charge on any atom is -0.493 e. The zero-order valence-electron chi connectivity index (χ0n) is 71.5. The SMILES string of the molecule is COc1cc(/C=C2/C(C)=C(CC(=O)NCc3cccnc3)c3cc(F)ccc32)cc(OC)c1OC(=O)N1CCN(C2CCN(C)CC2)CC1.COc1cc(/C=C2/C(C)=C(CC(=O)NCc3cccnc3)c3cc(F)ccc32)cc(OC)c1OCOP(=O)(O)O.COc1cc(/C=C2/C(C)=C(CC(=O)NCc3cccnc3)c3cc(F)ccc32)cc(OC)c1OP(=O)(O)O. The quantitative estimate of drug-likeness (QED) is 0.0169. The zero-order chi connectivity index (χ0) is 90.8. The molecule has 0 spiro atoms. The van der Waals surface area contributed by atoms with Crippen LogP contribution in [0.1, 0.15) is 120 Å². The Bertz CT molecular complexity index is 5800. The maximum atomic E-state index is 14.5. The molecule has 3 aliphatic carbocycles. The van der Waals surface area contributed by atoms with Crippen LogP contribution >= 0.6 is 15.6 Å². The molecule has 34 heteroatoms. The number of likely N-dealkylation sites (tertiary alicyclic amines) is 1. The first-order chi connectivity index (χ1) is 60.9. The van der Waals surface area contributed by atoms with Gasteiger partial charge >= 0.3 is 21.7 Å². The molecular formula is C93H98F3N9O20P2. The Labute approximate surface area is 732 Å². The fourth-order valence-corrected chi connectivity index (χ4v) is 16.2. The highest BCUT2D eigenvalue weighted by molar-refractivity contribution is 7.46. The molecule has 0 atom stereocenters. The largest absolute Gasteiger partial charge is 0.525 e. The van der Waals surface area contributed by atoms with Gasteiger partial charge in [-0.25, -0.2) is 31.6 Å². The predicted molar refractivity (Wildman–Crippen MR) is 472 cm³/mol. The molecule has 0 saturated carbocycles. The fraction of sp³-hybridized carbons (Fsp3) is 0.280. The summed E-state index contributed by atoms with van der Waals surface area (Å²) >= 11 is 0. The highest BCUT2D eigenvalue weighted by Crippen LogP contribution is 2.52. The van der Waals surface area contributed by atoms with Crippen molar-refractivity contribution in [2.75, 3.05) is 95.8 Å². The summed E-state index contributed by atoms with van der Waals surface area (Å²) < 4.78 is 119. The van der Waals surface area contributed by atoms with Gasteiger partial charge in [0.05, 0.1) is 61.9 Å². The maximum absolute atomic E-state index is 14.5. The monoisotopic (exact) mass is 1780 g/mol. The number of carbonyl (C=O) groups is 4. The van der Waals surface area contributed by atoms with Gasteiger partial charge in [0.1, 0.15) is 17.5 Å². The van der Waals surface area contributed by atoms with Gasteiger partial charge in [0, 0.05) is 89.0 Å². The van der Waals surface area contributed by atoms with Crippen LogP contribution in [0.25, 0.3) is 51.7 Å². The second kappa shape index (κ2) is 42.5. The highest BCUT2D eigenvalue weighted by atomic mass is 31.2. The molecule has 0 radical (unpaired) electrons. The van der Waals surface area contributed by atoms with E-state index in [0.717, 1.165) is 117 Å². The van der Waals surface area contributed by atoms with Gasteiger partial charge in [0.15, 0.2) is 34.5 Å². The van der Waals surface area contributed by atoms with Gasteiger partial charge in [-0.05, 0) is 280 Å². The van der Waals surface area contributed by atoms with Gasteiger partial charge in [-0.2, -0.15) is 0 Å². The van der Waals surface area contributed by atoms with Crippen LogP contribution in [0.15, 0.2) is 181 Å². The third kappa shape index (κ3) is 24.1. The van der Waals surface area contributed by atoms with Crippen molar-refractivity contribution in [3.05, 3.63) is 266 Å². The Hall–Kier alpha value is -12.7. The average Bonchev–Trinajstić information content (AvgIpc) is 1.63. The number of rotatable bonds is 29. The zero-order valence-corrected chi connectivity index (χ0v) is 73.3. The molecule has 6 aromatic carbocycles. The van der Waals surface area contributed by atoms with E-state index in [1.165, 1.54) is 91.2 Å². The molecule has 2 aliphatic heterocycles. The number of pyridine rings is 3. The number of halogens is 3. The number of amides is 4. The lowest BCUT2D eigenvalue weighted by molar-refractivity contribution is -0.121. The van der Waals surface area contributed by atoms with E-state index in [9.17, 15) is 51.3 Å². The van der Waals surface area contributed by atoms with Gasteiger partial charge in [-0.3, -0.25) is 44.0 Å². The van der Waals surface area contributed by atoms with Gasteiger partial charge in [-0.1, -0.05) is 36.4 Å². The van der Waals surface area contributed by atoms with E-state index < -0.39 is 40.2 Å². The van der Waals surface area contributed by atoms with Crippen molar-refractivity contribution in [1.82, 2.24) is 45.6 Å². The normalized spacial score (nSPS) is 15.5. The number of hydrogen-bond acceptors (Lipinski definition) is 21. The molecule has 127 heavy (non-hydrogen) atoms. The predicted octanol–water partition coefficient (Wildman–Crippen LogP) is 14.9. The van der Waals surface area contributed by atoms with E-state index in [2.05, 4.69) is 52.3 Å². The van der Waals surface area contributed by atoms with Crippen LogP contribution in [0.2, 0.25) is 0 Å². The van der Waals surface area contributed by atoms with E-state index in [4.69, 9.17) is 52.2 Å². The van der Waals surface area contributed by atoms with E-state index in [0.29, 0.717) is 89.2 Å². The number of nitrogens with zero attached hydrogens (tertiary/aromatic N) is 6. The summed E-state index contributed by atoms with van der Waals surface area (Å²) in [6.07, 6.45) is 17.7.